The third kappa shape index (κ3) is 3.44. The zero-order valence-electron chi connectivity index (χ0n) is 12.0. The lowest BCUT2D eigenvalue weighted by atomic mass is 10.2. The van der Waals surface area contributed by atoms with Crippen LogP contribution in [0.1, 0.15) is 12.0 Å². The van der Waals surface area contributed by atoms with Gasteiger partial charge in [-0.1, -0.05) is 12.1 Å². The van der Waals surface area contributed by atoms with E-state index in [-0.39, 0.29) is 4.90 Å². The first kappa shape index (κ1) is 15.6. The smallest absolute Gasteiger partial charge is 0.200 e. The minimum absolute atomic E-state index is 0.188. The van der Waals surface area contributed by atoms with Gasteiger partial charge in [-0.25, -0.2) is 18.4 Å². The average molecular weight is 308 g/mol. The standard InChI is InChI=1S/C14H16N2O4S/c1-19-14(20-2)11-8-9-15-13(16-11)10-6-4-5-7-12(10)21(3,17)18/h4-9,14H,1-3H3. The van der Waals surface area contributed by atoms with Gasteiger partial charge in [-0.05, 0) is 18.2 Å². The SMILES string of the molecule is COC(OC)c1ccnc(-c2ccccc2S(C)(=O)=O)n1. The molecular weight excluding hydrogens is 292 g/mol. The molecule has 21 heavy (non-hydrogen) atoms. The quantitative estimate of drug-likeness (QED) is 0.784. The molecule has 6 nitrogen and oxygen atoms in total. The highest BCUT2D eigenvalue weighted by atomic mass is 32.2. The Morgan fingerprint density at radius 3 is 2.38 bits per heavy atom. The number of rotatable bonds is 5. The molecule has 0 N–H and O–H groups in total. The van der Waals surface area contributed by atoms with Gasteiger partial charge in [0.2, 0.25) is 6.29 Å². The Morgan fingerprint density at radius 2 is 1.76 bits per heavy atom. The Labute approximate surface area is 123 Å². The van der Waals surface area contributed by atoms with Crippen molar-refractivity contribution in [2.24, 2.45) is 0 Å². The number of benzene rings is 1. The summed E-state index contributed by atoms with van der Waals surface area (Å²) in [7, 11) is -0.368. The van der Waals surface area contributed by atoms with Gasteiger partial charge >= 0.3 is 0 Å². The predicted octanol–water partition coefficient (Wildman–Crippen LogP) is 1.84. The second-order valence-corrected chi connectivity index (χ2v) is 6.36. The zero-order valence-corrected chi connectivity index (χ0v) is 12.8. The van der Waals surface area contributed by atoms with Gasteiger partial charge in [0.05, 0.1) is 4.90 Å². The van der Waals surface area contributed by atoms with Crippen molar-refractivity contribution in [3.05, 3.63) is 42.2 Å². The third-order valence-corrected chi connectivity index (χ3v) is 4.03. The first-order valence-corrected chi connectivity index (χ1v) is 8.04. The van der Waals surface area contributed by atoms with Crippen LogP contribution in [0.4, 0.5) is 0 Å². The van der Waals surface area contributed by atoms with Crippen molar-refractivity contribution < 1.29 is 17.9 Å². The Morgan fingerprint density at radius 1 is 1.10 bits per heavy atom. The number of aromatic nitrogens is 2. The number of nitrogens with zero attached hydrogens (tertiary/aromatic N) is 2. The van der Waals surface area contributed by atoms with Gasteiger partial charge in [0.25, 0.3) is 0 Å². The van der Waals surface area contributed by atoms with Crippen molar-refractivity contribution in [1.29, 1.82) is 0 Å². The summed E-state index contributed by atoms with van der Waals surface area (Å²) in [6.45, 7) is 0. The summed E-state index contributed by atoms with van der Waals surface area (Å²) < 4.78 is 34.0. The van der Waals surface area contributed by atoms with Gasteiger partial charge in [-0.3, -0.25) is 0 Å². The molecule has 0 amide bonds. The van der Waals surface area contributed by atoms with Gasteiger partial charge in [-0.15, -0.1) is 0 Å². The summed E-state index contributed by atoms with van der Waals surface area (Å²) in [5.41, 5.74) is 0.973. The maximum atomic E-state index is 11.9. The van der Waals surface area contributed by atoms with E-state index in [0.717, 1.165) is 6.26 Å². The van der Waals surface area contributed by atoms with Crippen LogP contribution >= 0.6 is 0 Å². The maximum absolute atomic E-state index is 11.9. The van der Waals surface area contributed by atoms with Gasteiger partial charge in [0, 0.05) is 32.2 Å². The highest BCUT2D eigenvalue weighted by Gasteiger charge is 2.18. The topological polar surface area (TPSA) is 78.4 Å². The molecular formula is C14H16N2O4S. The normalized spacial score (nSPS) is 11.8. The molecule has 112 valence electrons. The van der Waals surface area contributed by atoms with Crippen LogP contribution in [-0.2, 0) is 19.3 Å². The van der Waals surface area contributed by atoms with Crippen molar-refractivity contribution >= 4 is 9.84 Å². The van der Waals surface area contributed by atoms with Crippen LogP contribution in [0, 0.1) is 0 Å². The minimum Gasteiger partial charge on any atom is -0.350 e. The molecule has 2 aromatic rings. The van der Waals surface area contributed by atoms with Gasteiger partial charge in [-0.2, -0.15) is 0 Å². The lowest BCUT2D eigenvalue weighted by Gasteiger charge is -2.13. The summed E-state index contributed by atoms with van der Waals surface area (Å²) in [5, 5.41) is 0. The molecule has 1 aromatic carbocycles. The van der Waals surface area contributed by atoms with Crippen molar-refractivity contribution in [3.8, 4) is 11.4 Å². The average Bonchev–Trinajstić information content (AvgIpc) is 2.48. The molecule has 7 heteroatoms. The predicted molar refractivity (Wildman–Crippen MR) is 77.3 cm³/mol. The van der Waals surface area contributed by atoms with Crippen LogP contribution in [-0.4, -0.2) is 38.9 Å². The summed E-state index contributed by atoms with van der Waals surface area (Å²) in [6.07, 6.45) is 2.07. The van der Waals surface area contributed by atoms with Crippen LogP contribution in [0.3, 0.4) is 0 Å². The Kier molecular flexibility index (Phi) is 4.66. The highest BCUT2D eigenvalue weighted by Crippen LogP contribution is 2.25. The fraction of sp³-hybridized carbons (Fsp3) is 0.286. The van der Waals surface area contributed by atoms with Crippen LogP contribution < -0.4 is 0 Å². The van der Waals surface area contributed by atoms with Crippen molar-refractivity contribution in [2.45, 2.75) is 11.2 Å². The third-order valence-electron chi connectivity index (χ3n) is 2.87. The molecule has 1 heterocycles. The molecule has 0 unspecified atom stereocenters. The zero-order chi connectivity index (χ0) is 15.5. The molecule has 0 fully saturated rings. The maximum Gasteiger partial charge on any atom is 0.200 e. The summed E-state index contributed by atoms with van der Waals surface area (Å²) in [4.78, 5) is 8.67. The number of methoxy groups -OCH3 is 2. The lowest BCUT2D eigenvalue weighted by molar-refractivity contribution is -0.108. The monoisotopic (exact) mass is 308 g/mol. The van der Waals surface area contributed by atoms with Crippen LogP contribution in [0.5, 0.6) is 0 Å². The van der Waals surface area contributed by atoms with E-state index in [4.69, 9.17) is 9.47 Å². The molecule has 0 spiro atoms. The Balaban J connectivity index is 2.56. The fourth-order valence-electron chi connectivity index (χ4n) is 1.95. The molecule has 2 rings (SSSR count). The summed E-state index contributed by atoms with van der Waals surface area (Å²) >= 11 is 0. The van der Waals surface area contributed by atoms with E-state index in [0.29, 0.717) is 17.1 Å². The van der Waals surface area contributed by atoms with Crippen LogP contribution in [0.25, 0.3) is 11.4 Å². The van der Waals surface area contributed by atoms with Crippen LogP contribution in [0.2, 0.25) is 0 Å². The molecule has 0 aliphatic rings. The van der Waals surface area contributed by atoms with E-state index in [9.17, 15) is 8.42 Å². The van der Waals surface area contributed by atoms with Crippen molar-refractivity contribution in [3.63, 3.8) is 0 Å². The van der Waals surface area contributed by atoms with Crippen molar-refractivity contribution in [2.75, 3.05) is 20.5 Å². The first-order chi connectivity index (χ1) is 9.97. The summed E-state index contributed by atoms with van der Waals surface area (Å²) in [5.74, 6) is 0.313. The molecule has 0 atom stereocenters. The van der Waals surface area contributed by atoms with Crippen LogP contribution in [0.15, 0.2) is 41.4 Å². The lowest BCUT2D eigenvalue weighted by Crippen LogP contribution is -2.08. The number of sulfone groups is 1. The molecule has 0 saturated heterocycles. The highest BCUT2D eigenvalue weighted by molar-refractivity contribution is 7.90. The Bertz CT molecular complexity index is 727. The molecule has 0 aliphatic carbocycles. The van der Waals surface area contributed by atoms with E-state index in [1.54, 1.807) is 30.5 Å². The molecule has 1 aromatic heterocycles. The van der Waals surface area contributed by atoms with E-state index in [2.05, 4.69) is 9.97 Å². The number of hydrogen-bond acceptors (Lipinski definition) is 6. The van der Waals surface area contributed by atoms with Gasteiger partial charge in [0.15, 0.2) is 15.7 Å². The molecule has 0 bridgehead atoms. The molecule has 0 radical (unpaired) electrons. The van der Waals surface area contributed by atoms with E-state index in [1.165, 1.54) is 20.3 Å². The molecule has 0 aliphatic heterocycles. The second-order valence-electron chi connectivity index (χ2n) is 4.38. The largest absolute Gasteiger partial charge is 0.350 e. The number of hydrogen-bond donors (Lipinski definition) is 0. The van der Waals surface area contributed by atoms with E-state index < -0.39 is 16.1 Å². The first-order valence-electron chi connectivity index (χ1n) is 6.15. The van der Waals surface area contributed by atoms with Gasteiger partial charge in [0.1, 0.15) is 5.69 Å². The fourth-order valence-corrected chi connectivity index (χ4v) is 2.83. The second kappa shape index (κ2) is 6.30. The number of ether oxygens (including phenoxy) is 2. The van der Waals surface area contributed by atoms with Crippen molar-refractivity contribution in [1.82, 2.24) is 9.97 Å². The molecule has 0 saturated carbocycles. The minimum atomic E-state index is -3.37. The van der Waals surface area contributed by atoms with E-state index >= 15 is 0 Å². The van der Waals surface area contributed by atoms with Gasteiger partial charge < -0.3 is 9.47 Å². The summed E-state index contributed by atoms with van der Waals surface area (Å²) in [6, 6.07) is 8.26. The Hall–Kier alpha value is -1.83. The van der Waals surface area contributed by atoms with E-state index in [1.807, 2.05) is 0 Å².